The molecule has 0 saturated carbocycles. The van der Waals surface area contributed by atoms with E-state index in [1.165, 1.54) is 0 Å². The van der Waals surface area contributed by atoms with E-state index >= 15 is 0 Å². The van der Waals surface area contributed by atoms with Gasteiger partial charge in [-0.05, 0) is 15.9 Å². The van der Waals surface area contributed by atoms with E-state index in [9.17, 15) is 22.4 Å². The molecule has 0 N–H and O–H groups in total. The number of halogens is 5. The molecule has 0 aromatic rings. The molecule has 7 heteroatoms. The summed E-state index contributed by atoms with van der Waals surface area (Å²) in [6, 6.07) is 0. The summed E-state index contributed by atoms with van der Waals surface area (Å²) in [6.07, 6.45) is -4.61. The van der Waals surface area contributed by atoms with Crippen LogP contribution in [0.2, 0.25) is 0 Å². The Kier molecular flexibility index (Phi) is 3.77. The number of hydrogen-bond acceptors (Lipinski definition) is 2. The van der Waals surface area contributed by atoms with E-state index in [0.29, 0.717) is 0 Å². The maximum atomic E-state index is 11.7. The lowest BCUT2D eigenvalue weighted by molar-refractivity contribution is -0.187. The Morgan fingerprint density at radius 2 is 2.00 bits per heavy atom. The number of rotatable bonds is 2. The van der Waals surface area contributed by atoms with Gasteiger partial charge in [-0.15, -0.1) is 0 Å². The summed E-state index contributed by atoms with van der Waals surface area (Å²) in [5.41, 5.74) is 0. The maximum absolute atomic E-state index is 11.7. The van der Waals surface area contributed by atoms with E-state index in [-0.39, 0.29) is 0 Å². The molecule has 0 aromatic heterocycles. The first-order chi connectivity index (χ1) is 4.83. The summed E-state index contributed by atoms with van der Waals surface area (Å²) >= 11 is 2.10. The van der Waals surface area contributed by atoms with Gasteiger partial charge in [-0.1, -0.05) is 0 Å². The van der Waals surface area contributed by atoms with Gasteiger partial charge in [0.25, 0.3) is 5.08 Å². The molecule has 0 rings (SSSR count). The van der Waals surface area contributed by atoms with Crippen molar-refractivity contribution in [1.82, 2.24) is 0 Å². The van der Waals surface area contributed by atoms with Gasteiger partial charge in [-0.2, -0.15) is 13.2 Å². The van der Waals surface area contributed by atoms with Gasteiger partial charge in [0.1, 0.15) is 0 Å². The van der Waals surface area contributed by atoms with Crippen LogP contribution < -0.4 is 0 Å². The standard InChI is InChI=1S/C4H3BrF4O2/c5-2(6)3(10)11-1-4(7,8)9/h2H,1H2. The molecule has 1 atom stereocenters. The second-order valence-corrected chi connectivity index (χ2v) is 2.33. The Labute approximate surface area is 67.6 Å². The summed E-state index contributed by atoms with van der Waals surface area (Å²) in [6.45, 7) is -1.77. The molecule has 0 aromatic carbocycles. The van der Waals surface area contributed by atoms with Crippen molar-refractivity contribution in [3.63, 3.8) is 0 Å². The summed E-state index contributed by atoms with van der Waals surface area (Å²) in [5, 5.41) is -2.20. The lowest BCUT2D eigenvalue weighted by Crippen LogP contribution is -2.23. The third-order valence-corrected chi connectivity index (χ3v) is 0.930. The van der Waals surface area contributed by atoms with Crippen LogP contribution in [0.25, 0.3) is 0 Å². The quantitative estimate of drug-likeness (QED) is 0.417. The fourth-order valence-corrected chi connectivity index (χ4v) is 0.348. The van der Waals surface area contributed by atoms with Crippen molar-refractivity contribution in [2.24, 2.45) is 0 Å². The van der Waals surface area contributed by atoms with Gasteiger partial charge in [-0.3, -0.25) is 0 Å². The fraction of sp³-hybridized carbons (Fsp3) is 0.750. The molecule has 11 heavy (non-hydrogen) atoms. The average molecular weight is 239 g/mol. The second-order valence-electron chi connectivity index (χ2n) is 1.52. The minimum atomic E-state index is -4.61. The molecule has 66 valence electrons. The Hall–Kier alpha value is -0.330. The van der Waals surface area contributed by atoms with Crippen molar-refractivity contribution in [1.29, 1.82) is 0 Å². The van der Waals surface area contributed by atoms with Crippen molar-refractivity contribution in [2.75, 3.05) is 6.61 Å². The minimum Gasteiger partial charge on any atom is -0.453 e. The van der Waals surface area contributed by atoms with Gasteiger partial charge < -0.3 is 4.74 Å². The molecule has 0 saturated heterocycles. The molecule has 0 fully saturated rings. The molecular weight excluding hydrogens is 236 g/mol. The van der Waals surface area contributed by atoms with Crippen LogP contribution in [0.15, 0.2) is 0 Å². The SMILES string of the molecule is O=C(OCC(F)(F)F)C(F)Br. The number of esters is 1. The Morgan fingerprint density at radius 1 is 1.55 bits per heavy atom. The zero-order valence-electron chi connectivity index (χ0n) is 4.99. The summed E-state index contributed by atoms with van der Waals surface area (Å²) in [4.78, 5) is 10.0. The summed E-state index contributed by atoms with van der Waals surface area (Å²) in [7, 11) is 0. The largest absolute Gasteiger partial charge is 0.453 e. The van der Waals surface area contributed by atoms with Crippen LogP contribution in [0.5, 0.6) is 0 Å². The molecule has 0 aliphatic rings. The first-order valence-corrected chi connectivity index (χ1v) is 3.26. The van der Waals surface area contributed by atoms with E-state index in [4.69, 9.17) is 0 Å². The molecule has 0 amide bonds. The molecule has 1 unspecified atom stereocenters. The molecule has 0 bridgehead atoms. The van der Waals surface area contributed by atoms with Gasteiger partial charge in [-0.25, -0.2) is 9.18 Å². The van der Waals surface area contributed by atoms with E-state index < -0.39 is 23.8 Å². The third-order valence-electron chi connectivity index (χ3n) is 0.556. The molecule has 0 aliphatic carbocycles. The molecule has 2 nitrogen and oxygen atoms in total. The van der Waals surface area contributed by atoms with Crippen molar-refractivity contribution in [3.8, 4) is 0 Å². The van der Waals surface area contributed by atoms with E-state index in [2.05, 4.69) is 20.7 Å². The van der Waals surface area contributed by atoms with Gasteiger partial charge >= 0.3 is 12.1 Å². The van der Waals surface area contributed by atoms with Crippen LogP contribution in [0.1, 0.15) is 0 Å². The predicted octanol–water partition coefficient (Wildman–Crippen LogP) is 1.78. The van der Waals surface area contributed by atoms with Crippen molar-refractivity contribution in [3.05, 3.63) is 0 Å². The van der Waals surface area contributed by atoms with Gasteiger partial charge in [0.05, 0.1) is 0 Å². The van der Waals surface area contributed by atoms with Gasteiger partial charge in [0.2, 0.25) is 0 Å². The highest BCUT2D eigenvalue weighted by atomic mass is 79.9. The molecular formula is C4H3BrF4O2. The number of carbonyl (C=O) groups is 1. The monoisotopic (exact) mass is 238 g/mol. The molecule has 0 aliphatic heterocycles. The van der Waals surface area contributed by atoms with Crippen molar-refractivity contribution in [2.45, 2.75) is 11.3 Å². The molecule has 0 spiro atoms. The fourth-order valence-electron chi connectivity index (χ4n) is 0.216. The topological polar surface area (TPSA) is 26.3 Å². The highest BCUT2D eigenvalue weighted by Crippen LogP contribution is 2.15. The molecule has 0 heterocycles. The van der Waals surface area contributed by atoms with Crippen LogP contribution in [0.4, 0.5) is 17.6 Å². The highest BCUT2D eigenvalue weighted by molar-refractivity contribution is 9.09. The normalized spacial score (nSPS) is 14.3. The second kappa shape index (κ2) is 3.89. The number of carbonyl (C=O) groups excluding carboxylic acids is 1. The van der Waals surface area contributed by atoms with Crippen LogP contribution in [0.3, 0.4) is 0 Å². The highest BCUT2D eigenvalue weighted by Gasteiger charge is 2.30. The number of ether oxygens (including phenoxy) is 1. The smallest absolute Gasteiger partial charge is 0.422 e. The average Bonchev–Trinajstić information content (AvgIpc) is 1.80. The van der Waals surface area contributed by atoms with Crippen LogP contribution >= 0.6 is 15.9 Å². The van der Waals surface area contributed by atoms with E-state index in [1.807, 2.05) is 0 Å². The van der Waals surface area contributed by atoms with E-state index in [0.717, 1.165) is 0 Å². The van der Waals surface area contributed by atoms with Crippen molar-refractivity contribution >= 4 is 21.9 Å². The first-order valence-electron chi connectivity index (χ1n) is 2.34. The maximum Gasteiger partial charge on any atom is 0.422 e. The Morgan fingerprint density at radius 3 is 2.27 bits per heavy atom. The number of alkyl halides is 5. The van der Waals surface area contributed by atoms with Gasteiger partial charge in [0, 0.05) is 0 Å². The predicted molar refractivity (Wildman–Crippen MR) is 30.8 cm³/mol. The summed E-state index contributed by atoms with van der Waals surface area (Å²) in [5.74, 6) is -1.58. The third kappa shape index (κ3) is 6.08. The van der Waals surface area contributed by atoms with Gasteiger partial charge in [0.15, 0.2) is 6.61 Å². The Balaban J connectivity index is 3.64. The van der Waals surface area contributed by atoms with Crippen LogP contribution in [-0.2, 0) is 9.53 Å². The first kappa shape index (κ1) is 10.7. The summed E-state index contributed by atoms with van der Waals surface area (Å²) < 4.78 is 49.0. The lowest BCUT2D eigenvalue weighted by atomic mass is 10.7. The molecule has 0 radical (unpaired) electrons. The van der Waals surface area contributed by atoms with Crippen LogP contribution in [-0.4, -0.2) is 23.8 Å². The van der Waals surface area contributed by atoms with E-state index in [1.54, 1.807) is 0 Å². The zero-order chi connectivity index (χ0) is 9.07. The Bertz CT molecular complexity index is 144. The van der Waals surface area contributed by atoms with Crippen molar-refractivity contribution < 1.29 is 27.1 Å². The zero-order valence-corrected chi connectivity index (χ0v) is 6.58. The lowest BCUT2D eigenvalue weighted by Gasteiger charge is -2.06. The minimum absolute atomic E-state index is 1.58. The number of hydrogen-bond donors (Lipinski definition) is 0. The van der Waals surface area contributed by atoms with Crippen LogP contribution in [0, 0.1) is 0 Å².